The van der Waals surface area contributed by atoms with Crippen LogP contribution in [0.4, 0.5) is 0 Å². The van der Waals surface area contributed by atoms with E-state index in [4.69, 9.17) is 11.6 Å². The maximum atomic E-state index is 11.8. The number of alkyl halides is 1. The normalized spacial score (nSPS) is 11.3. The molecule has 1 aromatic carbocycles. The monoisotopic (exact) mass is 319 g/mol. The molecule has 17 heavy (non-hydrogen) atoms. The number of hydrogen-bond donors (Lipinski definition) is 2. The fourth-order valence-electron chi connectivity index (χ4n) is 1.15. The number of nitrogens with one attached hydrogen (secondary N) is 1. The van der Waals surface area contributed by atoms with Crippen LogP contribution in [0.2, 0.25) is 0 Å². The quantitative estimate of drug-likeness (QED) is 0.837. The number of halogens is 2. The van der Waals surface area contributed by atoms with E-state index in [1.54, 1.807) is 12.1 Å². The molecule has 0 saturated carbocycles. The summed E-state index contributed by atoms with van der Waals surface area (Å²) in [6.45, 7) is 4.38. The molecule has 1 rings (SSSR count). The largest absolute Gasteiger partial charge is 0.507 e. The van der Waals surface area contributed by atoms with Gasteiger partial charge in [0.15, 0.2) is 0 Å². The standard InChI is InChI=1S/C12H15BrClNO2/c1-12(2,6-14)7-15-11(17)9-5-8(13)3-4-10(9)16/h3-5,16H,6-7H2,1-2H3,(H,15,17). The number of hydrogen-bond acceptors (Lipinski definition) is 2. The Balaban J connectivity index is 2.74. The zero-order valence-electron chi connectivity index (χ0n) is 9.76. The number of phenolic OH excluding ortho intramolecular Hbond substituents is 1. The molecule has 0 aromatic heterocycles. The van der Waals surface area contributed by atoms with Crippen LogP contribution >= 0.6 is 27.5 Å². The van der Waals surface area contributed by atoms with Gasteiger partial charge in [-0.15, -0.1) is 11.6 Å². The average Bonchev–Trinajstić information content (AvgIpc) is 2.29. The lowest BCUT2D eigenvalue weighted by atomic mass is 9.96. The predicted molar refractivity (Wildman–Crippen MR) is 72.6 cm³/mol. The summed E-state index contributed by atoms with van der Waals surface area (Å²) in [5, 5.41) is 12.3. The zero-order valence-corrected chi connectivity index (χ0v) is 12.1. The molecule has 94 valence electrons. The van der Waals surface area contributed by atoms with Crippen molar-refractivity contribution in [3.63, 3.8) is 0 Å². The number of carbonyl (C=O) groups is 1. The number of carbonyl (C=O) groups excluding carboxylic acids is 1. The smallest absolute Gasteiger partial charge is 0.255 e. The van der Waals surface area contributed by atoms with Crippen molar-refractivity contribution in [2.24, 2.45) is 5.41 Å². The maximum Gasteiger partial charge on any atom is 0.255 e. The van der Waals surface area contributed by atoms with Crippen molar-refractivity contribution in [1.82, 2.24) is 5.32 Å². The van der Waals surface area contributed by atoms with Crippen LogP contribution < -0.4 is 5.32 Å². The van der Waals surface area contributed by atoms with E-state index in [-0.39, 0.29) is 22.6 Å². The molecule has 5 heteroatoms. The summed E-state index contributed by atoms with van der Waals surface area (Å²) in [6, 6.07) is 4.73. The average molecular weight is 321 g/mol. The Kier molecular flexibility index (Phi) is 4.83. The van der Waals surface area contributed by atoms with E-state index in [0.29, 0.717) is 12.4 Å². The van der Waals surface area contributed by atoms with E-state index in [1.165, 1.54) is 6.07 Å². The zero-order chi connectivity index (χ0) is 13.1. The molecule has 0 aliphatic heterocycles. The first kappa shape index (κ1) is 14.3. The van der Waals surface area contributed by atoms with E-state index >= 15 is 0 Å². The Bertz CT molecular complexity index is 421. The number of phenols is 1. The molecule has 3 nitrogen and oxygen atoms in total. The Morgan fingerprint density at radius 2 is 2.18 bits per heavy atom. The minimum Gasteiger partial charge on any atom is -0.507 e. The van der Waals surface area contributed by atoms with Crippen molar-refractivity contribution < 1.29 is 9.90 Å². The van der Waals surface area contributed by atoms with Crippen LogP contribution in [-0.4, -0.2) is 23.4 Å². The second-order valence-corrected chi connectivity index (χ2v) is 5.82. The molecule has 0 heterocycles. The molecule has 0 unspecified atom stereocenters. The fraction of sp³-hybridized carbons (Fsp3) is 0.417. The van der Waals surface area contributed by atoms with E-state index in [9.17, 15) is 9.90 Å². The van der Waals surface area contributed by atoms with Crippen LogP contribution in [0.15, 0.2) is 22.7 Å². The highest BCUT2D eigenvalue weighted by atomic mass is 79.9. The Morgan fingerprint density at radius 1 is 1.53 bits per heavy atom. The van der Waals surface area contributed by atoms with Gasteiger partial charge in [-0.05, 0) is 23.6 Å². The number of rotatable bonds is 4. The Hall–Kier alpha value is -0.740. The van der Waals surface area contributed by atoms with Crippen molar-refractivity contribution in [3.8, 4) is 5.75 Å². The Labute approximate surface area is 114 Å². The lowest BCUT2D eigenvalue weighted by molar-refractivity contribution is 0.0937. The fourth-order valence-corrected chi connectivity index (χ4v) is 1.61. The van der Waals surface area contributed by atoms with Gasteiger partial charge < -0.3 is 10.4 Å². The van der Waals surface area contributed by atoms with E-state index in [1.807, 2.05) is 13.8 Å². The van der Waals surface area contributed by atoms with Gasteiger partial charge in [-0.1, -0.05) is 29.8 Å². The van der Waals surface area contributed by atoms with Gasteiger partial charge in [-0.25, -0.2) is 0 Å². The third-order valence-electron chi connectivity index (χ3n) is 2.29. The molecule has 0 bridgehead atoms. The van der Waals surface area contributed by atoms with Crippen LogP contribution in [0.3, 0.4) is 0 Å². The van der Waals surface area contributed by atoms with E-state index < -0.39 is 0 Å². The highest BCUT2D eigenvalue weighted by Gasteiger charge is 2.19. The lowest BCUT2D eigenvalue weighted by Gasteiger charge is -2.21. The molecular weight excluding hydrogens is 305 g/mol. The first-order chi connectivity index (χ1) is 7.85. The van der Waals surface area contributed by atoms with Gasteiger partial charge in [-0.3, -0.25) is 4.79 Å². The number of benzene rings is 1. The molecule has 0 saturated heterocycles. The SMILES string of the molecule is CC(C)(CCl)CNC(=O)c1cc(Br)ccc1O. The van der Waals surface area contributed by atoms with Crippen molar-refractivity contribution in [3.05, 3.63) is 28.2 Å². The van der Waals surface area contributed by atoms with Crippen molar-refractivity contribution in [2.75, 3.05) is 12.4 Å². The third-order valence-corrected chi connectivity index (χ3v) is 3.51. The lowest BCUT2D eigenvalue weighted by Crippen LogP contribution is -2.35. The van der Waals surface area contributed by atoms with Crippen molar-refractivity contribution in [1.29, 1.82) is 0 Å². The molecule has 0 atom stereocenters. The summed E-state index contributed by atoms with van der Waals surface area (Å²) in [5.74, 6) is 0.119. The molecule has 0 spiro atoms. The van der Waals surface area contributed by atoms with Crippen LogP contribution in [0.25, 0.3) is 0 Å². The second kappa shape index (κ2) is 5.74. The van der Waals surface area contributed by atoms with Crippen molar-refractivity contribution >= 4 is 33.4 Å². The molecule has 0 radical (unpaired) electrons. The van der Waals surface area contributed by atoms with Crippen LogP contribution in [0.5, 0.6) is 5.75 Å². The first-order valence-corrected chi connectivity index (χ1v) is 6.51. The minimum atomic E-state index is -0.304. The van der Waals surface area contributed by atoms with E-state index in [0.717, 1.165) is 4.47 Å². The Morgan fingerprint density at radius 3 is 2.76 bits per heavy atom. The van der Waals surface area contributed by atoms with Crippen molar-refractivity contribution in [2.45, 2.75) is 13.8 Å². The summed E-state index contributed by atoms with van der Waals surface area (Å²) in [5.41, 5.74) is 0.0866. The van der Waals surface area contributed by atoms with Gasteiger partial charge in [0.05, 0.1) is 5.56 Å². The highest BCUT2D eigenvalue weighted by molar-refractivity contribution is 9.10. The maximum absolute atomic E-state index is 11.8. The highest BCUT2D eigenvalue weighted by Crippen LogP contribution is 2.22. The van der Waals surface area contributed by atoms with Crippen LogP contribution in [0.1, 0.15) is 24.2 Å². The molecule has 0 aliphatic carbocycles. The van der Waals surface area contributed by atoms with Gasteiger partial charge >= 0.3 is 0 Å². The molecule has 2 N–H and O–H groups in total. The summed E-state index contributed by atoms with van der Waals surface area (Å²) < 4.78 is 0.747. The molecule has 1 amide bonds. The number of amides is 1. The molecular formula is C12H15BrClNO2. The topological polar surface area (TPSA) is 49.3 Å². The summed E-state index contributed by atoms with van der Waals surface area (Å²) in [7, 11) is 0. The van der Waals surface area contributed by atoms with Gasteiger partial charge in [0, 0.05) is 16.9 Å². The van der Waals surface area contributed by atoms with E-state index in [2.05, 4.69) is 21.2 Å². The molecule has 0 fully saturated rings. The van der Waals surface area contributed by atoms with Crippen LogP contribution in [-0.2, 0) is 0 Å². The van der Waals surface area contributed by atoms with Gasteiger partial charge in [0.25, 0.3) is 5.91 Å². The predicted octanol–water partition coefficient (Wildman–Crippen LogP) is 3.15. The molecule has 0 aliphatic rings. The molecule has 1 aromatic rings. The van der Waals surface area contributed by atoms with Gasteiger partial charge in [0.1, 0.15) is 5.75 Å². The van der Waals surface area contributed by atoms with Crippen LogP contribution in [0, 0.1) is 5.41 Å². The van der Waals surface area contributed by atoms with Gasteiger partial charge in [0.2, 0.25) is 0 Å². The first-order valence-electron chi connectivity index (χ1n) is 5.18. The minimum absolute atomic E-state index is 0.0330. The second-order valence-electron chi connectivity index (χ2n) is 4.64. The summed E-state index contributed by atoms with van der Waals surface area (Å²) in [4.78, 5) is 11.8. The summed E-state index contributed by atoms with van der Waals surface area (Å²) >= 11 is 9.03. The summed E-state index contributed by atoms with van der Waals surface area (Å²) in [6.07, 6.45) is 0. The third kappa shape index (κ3) is 4.21. The number of aromatic hydroxyl groups is 1. The van der Waals surface area contributed by atoms with Gasteiger partial charge in [-0.2, -0.15) is 0 Å².